The predicted molar refractivity (Wildman–Crippen MR) is 75.8 cm³/mol. The van der Waals surface area contributed by atoms with Gasteiger partial charge in [-0.2, -0.15) is 15.3 Å². The molecule has 0 bridgehead atoms. The van der Waals surface area contributed by atoms with Crippen LogP contribution in [0.4, 0.5) is 0 Å². The van der Waals surface area contributed by atoms with Crippen LogP contribution in [0.2, 0.25) is 0 Å². The Labute approximate surface area is 121 Å². The van der Waals surface area contributed by atoms with Gasteiger partial charge in [0.15, 0.2) is 11.5 Å². The molecule has 1 aliphatic rings. The number of hydrogen-bond donors (Lipinski definition) is 0. The van der Waals surface area contributed by atoms with Crippen molar-refractivity contribution in [1.82, 2.24) is 20.0 Å². The van der Waals surface area contributed by atoms with Gasteiger partial charge in [-0.15, -0.1) is 0 Å². The first-order chi connectivity index (χ1) is 10.3. The van der Waals surface area contributed by atoms with E-state index in [1.54, 1.807) is 17.1 Å². The van der Waals surface area contributed by atoms with E-state index in [1.165, 1.54) is 0 Å². The van der Waals surface area contributed by atoms with Gasteiger partial charge in [-0.05, 0) is 24.3 Å². The molecule has 0 amide bonds. The quantitative estimate of drug-likeness (QED) is 0.720. The van der Waals surface area contributed by atoms with E-state index in [-0.39, 0.29) is 6.79 Å². The molecule has 0 radical (unpaired) electrons. The zero-order chi connectivity index (χ0) is 14.2. The molecule has 6 heteroatoms. The summed E-state index contributed by atoms with van der Waals surface area (Å²) in [5.41, 5.74) is 3.84. The maximum atomic E-state index is 5.43. The van der Waals surface area contributed by atoms with Gasteiger partial charge < -0.3 is 9.47 Å². The maximum Gasteiger partial charge on any atom is 0.231 e. The van der Waals surface area contributed by atoms with Crippen molar-refractivity contribution in [3.63, 3.8) is 0 Å². The van der Waals surface area contributed by atoms with Crippen LogP contribution in [0.15, 0.2) is 42.9 Å². The van der Waals surface area contributed by atoms with Crippen LogP contribution < -0.4 is 9.47 Å². The van der Waals surface area contributed by atoms with Crippen molar-refractivity contribution < 1.29 is 9.47 Å². The molecule has 0 spiro atoms. The number of benzene rings is 1. The number of rotatable bonds is 2. The Kier molecular flexibility index (Phi) is 2.60. The number of aryl methyl sites for hydroxylation is 1. The highest BCUT2D eigenvalue weighted by Gasteiger charge is 2.17. The summed E-state index contributed by atoms with van der Waals surface area (Å²) in [7, 11) is 1.90. The molecule has 0 fully saturated rings. The zero-order valence-electron chi connectivity index (χ0n) is 11.4. The first-order valence-electron chi connectivity index (χ1n) is 6.52. The van der Waals surface area contributed by atoms with Crippen LogP contribution >= 0.6 is 0 Å². The molecule has 21 heavy (non-hydrogen) atoms. The highest BCUT2D eigenvalue weighted by atomic mass is 16.7. The SMILES string of the molecule is Cn1cc(-c2ccnnc2)c(-c2ccc3c(c2)OCO3)n1. The fraction of sp³-hybridized carbons (Fsp3) is 0.133. The van der Waals surface area contributed by atoms with Crippen molar-refractivity contribution in [2.24, 2.45) is 7.05 Å². The minimum absolute atomic E-state index is 0.266. The third-order valence-electron chi connectivity index (χ3n) is 3.37. The molecule has 3 aromatic rings. The zero-order valence-corrected chi connectivity index (χ0v) is 11.4. The lowest BCUT2D eigenvalue weighted by atomic mass is 10.0. The summed E-state index contributed by atoms with van der Waals surface area (Å²) in [6.07, 6.45) is 5.37. The second kappa shape index (κ2) is 4.59. The summed E-state index contributed by atoms with van der Waals surface area (Å²) >= 11 is 0. The number of hydrogen-bond acceptors (Lipinski definition) is 5. The molecule has 0 unspecified atom stereocenters. The van der Waals surface area contributed by atoms with E-state index in [2.05, 4.69) is 15.3 Å². The van der Waals surface area contributed by atoms with Gasteiger partial charge in [0.05, 0.1) is 12.4 Å². The van der Waals surface area contributed by atoms with E-state index in [9.17, 15) is 0 Å². The van der Waals surface area contributed by atoms with Gasteiger partial charge in [0.1, 0.15) is 5.69 Å². The number of fused-ring (bicyclic) bond motifs is 1. The van der Waals surface area contributed by atoms with E-state index < -0.39 is 0 Å². The highest BCUT2D eigenvalue weighted by molar-refractivity contribution is 5.81. The third kappa shape index (κ3) is 2.01. The average Bonchev–Trinajstić information content (AvgIpc) is 3.13. The van der Waals surface area contributed by atoms with Crippen LogP contribution in [0.25, 0.3) is 22.4 Å². The lowest BCUT2D eigenvalue weighted by Gasteiger charge is -2.03. The molecule has 104 valence electrons. The minimum Gasteiger partial charge on any atom is -0.454 e. The van der Waals surface area contributed by atoms with Crippen molar-refractivity contribution in [3.05, 3.63) is 42.9 Å². The first kappa shape index (κ1) is 11.9. The van der Waals surface area contributed by atoms with Gasteiger partial charge >= 0.3 is 0 Å². The van der Waals surface area contributed by atoms with Crippen LogP contribution in [-0.2, 0) is 7.05 Å². The lowest BCUT2D eigenvalue weighted by Crippen LogP contribution is -1.92. The largest absolute Gasteiger partial charge is 0.454 e. The Balaban J connectivity index is 1.86. The number of aromatic nitrogens is 4. The monoisotopic (exact) mass is 280 g/mol. The first-order valence-corrected chi connectivity index (χ1v) is 6.52. The maximum absolute atomic E-state index is 5.43. The van der Waals surface area contributed by atoms with Crippen LogP contribution in [0, 0.1) is 0 Å². The molecular weight excluding hydrogens is 268 g/mol. The molecule has 0 atom stereocenters. The molecule has 1 aromatic carbocycles. The van der Waals surface area contributed by atoms with Crippen molar-refractivity contribution in [1.29, 1.82) is 0 Å². The van der Waals surface area contributed by atoms with E-state index >= 15 is 0 Å². The Morgan fingerprint density at radius 1 is 1.05 bits per heavy atom. The number of ether oxygens (including phenoxy) is 2. The Morgan fingerprint density at radius 2 is 1.95 bits per heavy atom. The van der Waals surface area contributed by atoms with Crippen molar-refractivity contribution in [2.75, 3.05) is 6.79 Å². The summed E-state index contributed by atoms with van der Waals surface area (Å²) in [5, 5.41) is 12.3. The van der Waals surface area contributed by atoms with E-state index in [4.69, 9.17) is 9.47 Å². The van der Waals surface area contributed by atoms with E-state index in [0.29, 0.717) is 0 Å². The summed E-state index contributed by atoms with van der Waals surface area (Å²) in [4.78, 5) is 0. The van der Waals surface area contributed by atoms with Crippen LogP contribution in [0.5, 0.6) is 11.5 Å². The molecule has 0 aliphatic carbocycles. The molecule has 0 saturated heterocycles. The standard InChI is InChI=1S/C15H12N4O2/c1-19-8-12(11-4-5-16-17-7-11)15(18-19)10-2-3-13-14(6-10)21-9-20-13/h2-8H,9H2,1H3. The van der Waals surface area contributed by atoms with Crippen LogP contribution in [0.3, 0.4) is 0 Å². The summed E-state index contributed by atoms with van der Waals surface area (Å²) in [5.74, 6) is 1.51. The van der Waals surface area contributed by atoms with Gasteiger partial charge in [0, 0.05) is 29.9 Å². The average molecular weight is 280 g/mol. The second-order valence-electron chi connectivity index (χ2n) is 4.76. The Hall–Kier alpha value is -2.89. The normalized spacial score (nSPS) is 12.6. The fourth-order valence-corrected chi connectivity index (χ4v) is 2.41. The Bertz CT molecular complexity index is 799. The molecule has 4 rings (SSSR count). The highest BCUT2D eigenvalue weighted by Crippen LogP contribution is 2.38. The molecule has 3 heterocycles. The van der Waals surface area contributed by atoms with Gasteiger partial charge in [0.2, 0.25) is 6.79 Å². The van der Waals surface area contributed by atoms with Crippen molar-refractivity contribution in [2.45, 2.75) is 0 Å². The third-order valence-corrected chi connectivity index (χ3v) is 3.37. The summed E-state index contributed by atoms with van der Waals surface area (Å²) in [6.45, 7) is 0.266. The molecule has 0 saturated carbocycles. The molecule has 2 aromatic heterocycles. The smallest absolute Gasteiger partial charge is 0.231 e. The van der Waals surface area contributed by atoms with E-state index in [1.807, 2.05) is 37.5 Å². The molecule has 0 N–H and O–H groups in total. The second-order valence-corrected chi connectivity index (χ2v) is 4.76. The van der Waals surface area contributed by atoms with Gasteiger partial charge in [-0.1, -0.05) is 0 Å². The topological polar surface area (TPSA) is 62.1 Å². The van der Waals surface area contributed by atoms with Gasteiger partial charge in [-0.25, -0.2) is 0 Å². The number of nitrogens with zero attached hydrogens (tertiary/aromatic N) is 4. The van der Waals surface area contributed by atoms with Crippen molar-refractivity contribution >= 4 is 0 Å². The van der Waals surface area contributed by atoms with Crippen LogP contribution in [-0.4, -0.2) is 26.8 Å². The summed E-state index contributed by atoms with van der Waals surface area (Å²) in [6, 6.07) is 7.75. The molecular formula is C15H12N4O2. The van der Waals surface area contributed by atoms with Crippen molar-refractivity contribution in [3.8, 4) is 33.9 Å². The fourth-order valence-electron chi connectivity index (χ4n) is 2.41. The van der Waals surface area contributed by atoms with Gasteiger partial charge in [-0.3, -0.25) is 4.68 Å². The van der Waals surface area contributed by atoms with Crippen LogP contribution in [0.1, 0.15) is 0 Å². The lowest BCUT2D eigenvalue weighted by molar-refractivity contribution is 0.174. The van der Waals surface area contributed by atoms with E-state index in [0.717, 1.165) is 33.9 Å². The summed E-state index contributed by atoms with van der Waals surface area (Å²) < 4.78 is 12.6. The molecule has 1 aliphatic heterocycles. The van der Waals surface area contributed by atoms with Gasteiger partial charge in [0.25, 0.3) is 0 Å². The predicted octanol–water partition coefficient (Wildman–Crippen LogP) is 2.27. The molecule has 6 nitrogen and oxygen atoms in total. The minimum atomic E-state index is 0.266. The Morgan fingerprint density at radius 3 is 2.81 bits per heavy atom.